The van der Waals surface area contributed by atoms with Gasteiger partial charge in [0.25, 0.3) is 0 Å². The van der Waals surface area contributed by atoms with Gasteiger partial charge in [-0.3, -0.25) is 0 Å². The molecule has 0 amide bonds. The molecule has 1 atom stereocenters. The van der Waals surface area contributed by atoms with Crippen molar-refractivity contribution in [1.82, 2.24) is 0 Å². The number of allylic oxidation sites excluding steroid dienone is 1. The van der Waals surface area contributed by atoms with Crippen LogP contribution >= 0.6 is 22.6 Å². The Bertz CT molecular complexity index is 792. The summed E-state index contributed by atoms with van der Waals surface area (Å²) in [6, 6.07) is 15.5. The quantitative estimate of drug-likeness (QED) is 0.580. The Morgan fingerprint density at radius 1 is 1.10 bits per heavy atom. The number of hydrogen-bond acceptors (Lipinski definition) is 4. The van der Waals surface area contributed by atoms with Crippen LogP contribution < -0.4 is 16.2 Å². The Labute approximate surface area is 136 Å². The highest BCUT2D eigenvalue weighted by atomic mass is 127. The third kappa shape index (κ3) is 2.32. The largest absolute Gasteiger partial charge is 0.440 e. The molecule has 0 unspecified atom stereocenters. The van der Waals surface area contributed by atoms with Crippen molar-refractivity contribution in [2.24, 2.45) is 5.73 Å². The molecule has 2 aromatic carbocycles. The Kier molecular flexibility index (Phi) is 3.47. The molecule has 1 heterocycles. The molecule has 3 rings (SSSR count). The zero-order chi connectivity index (χ0) is 15.0. The lowest BCUT2D eigenvalue weighted by Gasteiger charge is -2.27. The van der Waals surface area contributed by atoms with E-state index in [0.717, 1.165) is 14.7 Å². The maximum absolute atomic E-state index is 9.47. The van der Waals surface area contributed by atoms with Crippen molar-refractivity contribution >= 4 is 28.3 Å². The van der Waals surface area contributed by atoms with Crippen LogP contribution in [-0.4, -0.2) is 0 Å². The third-order valence-electron chi connectivity index (χ3n) is 3.46. The van der Waals surface area contributed by atoms with E-state index in [2.05, 4.69) is 28.7 Å². The van der Waals surface area contributed by atoms with Crippen LogP contribution in [0.4, 0.5) is 5.69 Å². The van der Waals surface area contributed by atoms with E-state index >= 15 is 0 Å². The molecule has 2 aromatic rings. The highest BCUT2D eigenvalue weighted by molar-refractivity contribution is 14.1. The van der Waals surface area contributed by atoms with Crippen LogP contribution in [-0.2, 0) is 0 Å². The molecule has 1 aliphatic heterocycles. The minimum atomic E-state index is -0.229. The van der Waals surface area contributed by atoms with E-state index in [4.69, 9.17) is 16.2 Å². The van der Waals surface area contributed by atoms with Crippen molar-refractivity contribution < 1.29 is 4.74 Å². The van der Waals surface area contributed by atoms with Gasteiger partial charge < -0.3 is 16.2 Å². The summed E-state index contributed by atoms with van der Waals surface area (Å²) in [5.74, 6) is 0.517. The average Bonchev–Trinajstić information content (AvgIpc) is 2.46. The van der Waals surface area contributed by atoms with Gasteiger partial charge in [-0.15, -0.1) is 0 Å². The SMILES string of the molecule is N#CC1=C(N)Oc2cc(N)ccc2[C@@H]1c1ccccc1I. The summed E-state index contributed by atoms with van der Waals surface area (Å²) in [5.41, 5.74) is 14.7. The molecule has 4 N–H and O–H groups in total. The molecule has 0 aromatic heterocycles. The van der Waals surface area contributed by atoms with E-state index in [9.17, 15) is 5.26 Å². The highest BCUT2D eigenvalue weighted by Gasteiger charge is 2.31. The van der Waals surface area contributed by atoms with Crippen molar-refractivity contribution in [3.8, 4) is 11.8 Å². The van der Waals surface area contributed by atoms with E-state index < -0.39 is 0 Å². The van der Waals surface area contributed by atoms with Crippen molar-refractivity contribution in [1.29, 1.82) is 5.26 Å². The molecule has 4 nitrogen and oxygen atoms in total. The number of anilines is 1. The first-order valence-corrected chi connectivity index (χ1v) is 7.41. The van der Waals surface area contributed by atoms with Crippen LogP contribution in [0.5, 0.6) is 5.75 Å². The fourth-order valence-corrected chi connectivity index (χ4v) is 3.20. The highest BCUT2D eigenvalue weighted by Crippen LogP contribution is 2.43. The number of halogens is 1. The summed E-state index contributed by atoms with van der Waals surface area (Å²) in [4.78, 5) is 0. The smallest absolute Gasteiger partial charge is 0.205 e. The fraction of sp³-hybridized carbons (Fsp3) is 0.0625. The van der Waals surface area contributed by atoms with Gasteiger partial charge in [-0.1, -0.05) is 24.3 Å². The minimum absolute atomic E-state index is 0.139. The van der Waals surface area contributed by atoms with Gasteiger partial charge in [-0.05, 0) is 40.3 Å². The first-order valence-electron chi connectivity index (χ1n) is 6.33. The van der Waals surface area contributed by atoms with Crippen LogP contribution in [0.15, 0.2) is 53.9 Å². The molecule has 0 radical (unpaired) electrons. The summed E-state index contributed by atoms with van der Waals surface area (Å²) in [6.07, 6.45) is 0. The van der Waals surface area contributed by atoms with E-state index in [1.165, 1.54) is 0 Å². The Balaban J connectivity index is 2.27. The van der Waals surface area contributed by atoms with E-state index in [0.29, 0.717) is 17.0 Å². The number of nitrogen functional groups attached to an aromatic ring is 1. The van der Waals surface area contributed by atoms with Gasteiger partial charge in [0.1, 0.15) is 17.4 Å². The number of nitriles is 1. The number of rotatable bonds is 1. The predicted molar refractivity (Wildman–Crippen MR) is 89.3 cm³/mol. The second-order valence-electron chi connectivity index (χ2n) is 4.74. The molecule has 104 valence electrons. The van der Waals surface area contributed by atoms with Crippen LogP contribution in [0.25, 0.3) is 0 Å². The third-order valence-corrected chi connectivity index (χ3v) is 4.44. The molecular formula is C16H12IN3O. The summed E-state index contributed by atoms with van der Waals surface area (Å²) in [5, 5.41) is 9.47. The fourth-order valence-electron chi connectivity index (χ4n) is 2.50. The second kappa shape index (κ2) is 5.30. The number of hydrogen-bond donors (Lipinski definition) is 2. The average molecular weight is 389 g/mol. The Hall–Kier alpha value is -2.20. The first kappa shape index (κ1) is 13.8. The molecule has 5 heteroatoms. The van der Waals surface area contributed by atoms with Crippen LogP contribution in [0.3, 0.4) is 0 Å². The zero-order valence-electron chi connectivity index (χ0n) is 11.0. The Morgan fingerprint density at radius 2 is 1.86 bits per heavy atom. The topological polar surface area (TPSA) is 85.1 Å². The first-order chi connectivity index (χ1) is 10.1. The summed E-state index contributed by atoms with van der Waals surface area (Å²) in [6.45, 7) is 0. The molecular weight excluding hydrogens is 377 g/mol. The van der Waals surface area contributed by atoms with Crippen molar-refractivity contribution in [2.45, 2.75) is 5.92 Å². The number of nitrogens with two attached hydrogens (primary N) is 2. The van der Waals surface area contributed by atoms with Crippen molar-refractivity contribution in [3.05, 3.63) is 68.6 Å². The zero-order valence-corrected chi connectivity index (χ0v) is 13.2. The molecule has 0 aliphatic carbocycles. The Morgan fingerprint density at radius 3 is 2.57 bits per heavy atom. The predicted octanol–water partition coefficient (Wildman–Crippen LogP) is 3.09. The molecule has 1 aliphatic rings. The summed E-state index contributed by atoms with van der Waals surface area (Å²) >= 11 is 2.26. The normalized spacial score (nSPS) is 16.9. The number of benzene rings is 2. The van der Waals surface area contributed by atoms with Gasteiger partial charge >= 0.3 is 0 Å². The lowest BCUT2D eigenvalue weighted by atomic mass is 9.83. The lowest BCUT2D eigenvalue weighted by Crippen LogP contribution is -2.21. The molecule has 21 heavy (non-hydrogen) atoms. The molecule has 0 fully saturated rings. The standard InChI is InChI=1S/C16H12IN3O/c17-13-4-2-1-3-10(13)15-11-6-5-9(19)7-14(11)21-16(20)12(15)8-18/h1-7,15H,19-20H2/t15-/m0/s1. The number of fused-ring (bicyclic) bond motifs is 1. The van der Waals surface area contributed by atoms with E-state index in [-0.39, 0.29) is 11.8 Å². The molecule has 0 bridgehead atoms. The summed E-state index contributed by atoms with van der Waals surface area (Å²) < 4.78 is 6.63. The number of ether oxygens (including phenoxy) is 1. The van der Waals surface area contributed by atoms with Crippen molar-refractivity contribution in [2.75, 3.05) is 5.73 Å². The van der Waals surface area contributed by atoms with Gasteiger partial charge in [-0.25, -0.2) is 0 Å². The van der Waals surface area contributed by atoms with Gasteiger partial charge in [0.05, 0.1) is 5.92 Å². The van der Waals surface area contributed by atoms with Crippen molar-refractivity contribution in [3.63, 3.8) is 0 Å². The monoisotopic (exact) mass is 389 g/mol. The second-order valence-corrected chi connectivity index (χ2v) is 5.91. The lowest BCUT2D eigenvalue weighted by molar-refractivity contribution is 0.394. The van der Waals surface area contributed by atoms with Crippen LogP contribution in [0.2, 0.25) is 0 Å². The molecule has 0 spiro atoms. The maximum atomic E-state index is 9.47. The van der Waals surface area contributed by atoms with Crippen LogP contribution in [0, 0.1) is 14.9 Å². The molecule has 0 saturated carbocycles. The van der Waals surface area contributed by atoms with Crippen LogP contribution in [0.1, 0.15) is 17.0 Å². The summed E-state index contributed by atoms with van der Waals surface area (Å²) in [7, 11) is 0. The number of nitrogens with zero attached hydrogens (tertiary/aromatic N) is 1. The van der Waals surface area contributed by atoms with E-state index in [1.807, 2.05) is 36.4 Å². The minimum Gasteiger partial charge on any atom is -0.440 e. The maximum Gasteiger partial charge on any atom is 0.205 e. The van der Waals surface area contributed by atoms with E-state index in [1.54, 1.807) is 6.07 Å². The molecule has 0 saturated heterocycles. The van der Waals surface area contributed by atoms with Gasteiger partial charge in [0.15, 0.2) is 0 Å². The van der Waals surface area contributed by atoms with Gasteiger partial charge in [-0.2, -0.15) is 5.26 Å². The van der Waals surface area contributed by atoms with Gasteiger partial charge in [0, 0.05) is 20.9 Å². The van der Waals surface area contributed by atoms with Gasteiger partial charge in [0.2, 0.25) is 5.88 Å².